The zero-order valence-electron chi connectivity index (χ0n) is 22.1. The number of alkyl halides is 2. The van der Waals surface area contributed by atoms with Gasteiger partial charge in [-0.3, -0.25) is 0 Å². The van der Waals surface area contributed by atoms with Crippen LogP contribution in [0.3, 0.4) is 0 Å². The van der Waals surface area contributed by atoms with Crippen molar-refractivity contribution in [1.29, 1.82) is 0 Å². The molecule has 36 heavy (non-hydrogen) atoms. The van der Waals surface area contributed by atoms with Gasteiger partial charge in [-0.15, -0.1) is 0 Å². The number of rotatable bonds is 13. The molecule has 3 rings (SSSR count). The van der Waals surface area contributed by atoms with Crippen LogP contribution in [0.1, 0.15) is 99.9 Å². The van der Waals surface area contributed by atoms with E-state index in [0.717, 1.165) is 29.4 Å². The molecule has 0 aliphatic heterocycles. The first-order valence-corrected chi connectivity index (χ1v) is 13.3. The molecule has 1 aliphatic rings. The third-order valence-electron chi connectivity index (χ3n) is 7.10. The topological polar surface area (TPSA) is 94.6 Å². The minimum absolute atomic E-state index is 0.178. The van der Waals surface area contributed by atoms with Gasteiger partial charge in [-0.2, -0.15) is 0 Å². The number of ether oxygens (including phenoxy) is 1. The number of benzene rings is 1. The van der Waals surface area contributed by atoms with E-state index in [1.54, 1.807) is 13.1 Å². The number of aliphatic hydroxyl groups is 1. The fourth-order valence-electron chi connectivity index (χ4n) is 4.69. The number of halogens is 2. The lowest BCUT2D eigenvalue weighted by atomic mass is 9.83. The molecule has 1 heterocycles. The standard InChI is InChI=1S/C17H33F2NO.C11H11NO3/c1-2-3-4-5-6-7-8-9-14-20-15-16(21)10-12-17(18,19)13-11-16;1-6-7-3-4-12-10(7)9(15-2)5-8(6)11(13)14/h20-21H,2-15H2,1H3;3-5,12H,1-2H3,(H,13,14). The molecule has 1 saturated carbocycles. The summed E-state index contributed by atoms with van der Waals surface area (Å²) in [5, 5.41) is 23.4. The van der Waals surface area contributed by atoms with Crippen LogP contribution in [0.4, 0.5) is 8.78 Å². The van der Waals surface area contributed by atoms with Crippen molar-refractivity contribution in [2.75, 3.05) is 20.2 Å². The van der Waals surface area contributed by atoms with Gasteiger partial charge in [0.25, 0.3) is 0 Å². The van der Waals surface area contributed by atoms with Gasteiger partial charge in [0, 0.05) is 31.0 Å². The average molecular weight is 511 g/mol. The highest BCUT2D eigenvalue weighted by Gasteiger charge is 2.41. The molecule has 0 spiro atoms. The van der Waals surface area contributed by atoms with E-state index in [0.29, 0.717) is 12.3 Å². The van der Waals surface area contributed by atoms with Gasteiger partial charge in [0.15, 0.2) is 0 Å². The molecule has 0 bridgehead atoms. The van der Waals surface area contributed by atoms with Crippen molar-refractivity contribution < 1.29 is 28.5 Å². The number of fused-ring (bicyclic) bond motifs is 1. The molecular formula is C28H44F2N2O4. The van der Waals surface area contributed by atoms with E-state index in [4.69, 9.17) is 9.84 Å². The van der Waals surface area contributed by atoms with Crippen LogP contribution in [0.15, 0.2) is 18.3 Å². The fraction of sp³-hybridized carbons (Fsp3) is 0.679. The fourth-order valence-corrected chi connectivity index (χ4v) is 4.69. The number of aromatic carboxylic acids is 1. The Hall–Kier alpha value is -2.19. The Morgan fingerprint density at radius 3 is 2.28 bits per heavy atom. The minimum Gasteiger partial charge on any atom is -0.495 e. The normalized spacial score (nSPS) is 16.4. The van der Waals surface area contributed by atoms with Crippen molar-refractivity contribution in [3.05, 3.63) is 29.5 Å². The number of methoxy groups -OCH3 is 1. The Bertz CT molecular complexity index is 935. The summed E-state index contributed by atoms with van der Waals surface area (Å²) in [5.74, 6) is -2.95. The van der Waals surface area contributed by atoms with Crippen molar-refractivity contribution in [2.24, 2.45) is 0 Å². The highest BCUT2D eigenvalue weighted by Crippen LogP contribution is 2.38. The van der Waals surface area contributed by atoms with Crippen LogP contribution >= 0.6 is 0 Å². The van der Waals surface area contributed by atoms with Gasteiger partial charge < -0.3 is 25.3 Å². The maximum Gasteiger partial charge on any atom is 0.336 e. The number of unbranched alkanes of at least 4 members (excludes halogenated alkanes) is 7. The molecule has 204 valence electrons. The second-order valence-corrected chi connectivity index (χ2v) is 10.1. The number of carboxylic acid groups (broad SMARTS) is 1. The second-order valence-electron chi connectivity index (χ2n) is 10.1. The quantitative estimate of drug-likeness (QED) is 0.221. The molecule has 0 atom stereocenters. The van der Waals surface area contributed by atoms with E-state index in [1.165, 1.54) is 58.1 Å². The lowest BCUT2D eigenvalue weighted by Gasteiger charge is -2.36. The number of nitrogens with one attached hydrogen (secondary N) is 2. The SMILES string of the molecule is CCCCCCCCCCNCC1(O)CCC(F)(F)CC1.COc1cc(C(=O)O)c(C)c2cc[nH]c12. The van der Waals surface area contributed by atoms with Crippen LogP contribution < -0.4 is 10.1 Å². The van der Waals surface area contributed by atoms with E-state index >= 15 is 0 Å². The first-order chi connectivity index (χ1) is 17.1. The van der Waals surface area contributed by atoms with E-state index in [9.17, 15) is 18.7 Å². The number of H-pyrrole nitrogens is 1. The first kappa shape index (κ1) is 30.0. The van der Waals surface area contributed by atoms with Crippen molar-refractivity contribution in [3.63, 3.8) is 0 Å². The molecule has 0 radical (unpaired) electrons. The molecule has 1 aromatic heterocycles. The summed E-state index contributed by atoms with van der Waals surface area (Å²) in [6.45, 7) is 5.36. The molecule has 8 heteroatoms. The highest BCUT2D eigenvalue weighted by molar-refractivity contribution is 5.99. The number of hydrogen-bond acceptors (Lipinski definition) is 4. The molecule has 1 aromatic carbocycles. The van der Waals surface area contributed by atoms with Gasteiger partial charge in [0.1, 0.15) is 5.75 Å². The Labute approximate surface area is 213 Å². The van der Waals surface area contributed by atoms with Gasteiger partial charge in [-0.1, -0.05) is 51.9 Å². The average Bonchev–Trinajstić information content (AvgIpc) is 3.34. The number of hydrogen-bond donors (Lipinski definition) is 4. The molecular weight excluding hydrogens is 466 g/mol. The lowest BCUT2D eigenvalue weighted by molar-refractivity contribution is -0.102. The lowest BCUT2D eigenvalue weighted by Crippen LogP contribution is -2.46. The predicted molar refractivity (Wildman–Crippen MR) is 140 cm³/mol. The van der Waals surface area contributed by atoms with Gasteiger partial charge in [0.05, 0.1) is 23.8 Å². The van der Waals surface area contributed by atoms with Crippen LogP contribution in [0.25, 0.3) is 10.9 Å². The van der Waals surface area contributed by atoms with Crippen molar-refractivity contribution in [1.82, 2.24) is 10.3 Å². The molecule has 0 saturated heterocycles. The second kappa shape index (κ2) is 14.5. The Morgan fingerprint density at radius 1 is 1.08 bits per heavy atom. The highest BCUT2D eigenvalue weighted by atomic mass is 19.3. The summed E-state index contributed by atoms with van der Waals surface area (Å²) in [4.78, 5) is 14.0. The first-order valence-electron chi connectivity index (χ1n) is 13.3. The van der Waals surface area contributed by atoms with Crippen molar-refractivity contribution in [3.8, 4) is 5.75 Å². The molecule has 0 unspecified atom stereocenters. The summed E-state index contributed by atoms with van der Waals surface area (Å²) in [7, 11) is 1.52. The summed E-state index contributed by atoms with van der Waals surface area (Å²) < 4.78 is 31.2. The largest absolute Gasteiger partial charge is 0.495 e. The van der Waals surface area contributed by atoms with Crippen LogP contribution in [-0.4, -0.2) is 52.9 Å². The van der Waals surface area contributed by atoms with E-state index in [-0.39, 0.29) is 31.2 Å². The van der Waals surface area contributed by atoms with Gasteiger partial charge in [0.2, 0.25) is 5.92 Å². The monoisotopic (exact) mass is 510 g/mol. The van der Waals surface area contributed by atoms with Gasteiger partial charge in [-0.05, 0) is 50.4 Å². The summed E-state index contributed by atoms with van der Waals surface area (Å²) in [6.07, 6.45) is 12.1. The molecule has 1 aliphatic carbocycles. The van der Waals surface area contributed by atoms with E-state index in [2.05, 4.69) is 17.2 Å². The van der Waals surface area contributed by atoms with Crippen molar-refractivity contribution >= 4 is 16.9 Å². The van der Waals surface area contributed by atoms with Crippen LogP contribution in [-0.2, 0) is 0 Å². The maximum atomic E-state index is 13.1. The minimum atomic E-state index is -2.57. The molecule has 6 nitrogen and oxygen atoms in total. The van der Waals surface area contributed by atoms with E-state index < -0.39 is 17.5 Å². The smallest absolute Gasteiger partial charge is 0.336 e. The van der Waals surface area contributed by atoms with Gasteiger partial charge in [-0.25, -0.2) is 13.6 Å². The van der Waals surface area contributed by atoms with E-state index in [1.807, 2.05) is 6.07 Å². The molecule has 4 N–H and O–H groups in total. The van der Waals surface area contributed by atoms with Gasteiger partial charge >= 0.3 is 5.97 Å². The molecule has 0 amide bonds. The summed E-state index contributed by atoms with van der Waals surface area (Å²) in [6, 6.07) is 3.39. The number of aromatic amines is 1. The van der Waals surface area contributed by atoms with Crippen LogP contribution in [0.5, 0.6) is 5.75 Å². The number of aromatic nitrogens is 1. The maximum absolute atomic E-state index is 13.1. The third kappa shape index (κ3) is 9.36. The Morgan fingerprint density at radius 2 is 1.69 bits per heavy atom. The molecule has 1 fully saturated rings. The number of carboxylic acids is 1. The predicted octanol–water partition coefficient (Wildman–Crippen LogP) is 6.84. The number of aryl methyl sites for hydroxylation is 1. The third-order valence-corrected chi connectivity index (χ3v) is 7.10. The number of carbonyl (C=O) groups is 1. The van der Waals surface area contributed by atoms with Crippen molar-refractivity contribution in [2.45, 2.75) is 102 Å². The molecule has 2 aromatic rings. The summed E-state index contributed by atoms with van der Waals surface area (Å²) >= 11 is 0. The Balaban J connectivity index is 0.000000267. The van der Waals surface area contributed by atoms with Crippen LogP contribution in [0, 0.1) is 6.92 Å². The summed E-state index contributed by atoms with van der Waals surface area (Å²) in [5.41, 5.74) is 0.945. The Kier molecular flexibility index (Phi) is 12.1. The van der Waals surface area contributed by atoms with Crippen LogP contribution in [0.2, 0.25) is 0 Å². The zero-order valence-corrected chi connectivity index (χ0v) is 22.1. The zero-order chi connectivity index (χ0) is 26.6.